The van der Waals surface area contributed by atoms with Gasteiger partial charge >= 0.3 is 6.61 Å². The molecule has 0 bridgehead atoms. The van der Waals surface area contributed by atoms with Gasteiger partial charge in [-0.15, -0.1) is 0 Å². The second kappa shape index (κ2) is 7.33. The number of halogens is 2. The third-order valence-electron chi connectivity index (χ3n) is 2.72. The maximum Gasteiger partial charge on any atom is 0.387 e. The van der Waals surface area contributed by atoms with Gasteiger partial charge < -0.3 is 10.1 Å². The Morgan fingerprint density at radius 3 is 2.57 bits per heavy atom. The van der Waals surface area contributed by atoms with E-state index in [-0.39, 0.29) is 18.1 Å². The molecule has 0 radical (unpaired) electrons. The lowest BCUT2D eigenvalue weighted by Gasteiger charge is -2.06. The molecular weight excluding hydrogens is 278 g/mol. The van der Waals surface area contributed by atoms with Crippen molar-refractivity contribution < 1.29 is 18.3 Å². The molecule has 0 aliphatic heterocycles. The number of alkyl halides is 2. The second-order valence-electron chi connectivity index (χ2n) is 4.29. The summed E-state index contributed by atoms with van der Waals surface area (Å²) in [5.74, 6) is 0.455. The zero-order valence-corrected chi connectivity index (χ0v) is 11.1. The van der Waals surface area contributed by atoms with Gasteiger partial charge in [0, 0.05) is 12.6 Å². The van der Waals surface area contributed by atoms with Crippen molar-refractivity contribution in [2.24, 2.45) is 0 Å². The lowest BCUT2D eigenvalue weighted by Crippen LogP contribution is -2.13. The normalized spacial score (nSPS) is 10.4. The van der Waals surface area contributed by atoms with E-state index >= 15 is 0 Å². The number of pyridine rings is 1. The Morgan fingerprint density at radius 1 is 1.19 bits per heavy atom. The minimum atomic E-state index is -2.83. The van der Waals surface area contributed by atoms with Gasteiger partial charge in [0.15, 0.2) is 0 Å². The molecule has 0 spiro atoms. The van der Waals surface area contributed by atoms with Crippen LogP contribution in [0.15, 0.2) is 48.7 Å². The van der Waals surface area contributed by atoms with Gasteiger partial charge in [-0.2, -0.15) is 8.78 Å². The summed E-state index contributed by atoms with van der Waals surface area (Å²) in [4.78, 5) is 15.7. The molecule has 0 aliphatic carbocycles. The SMILES string of the molecule is O=C(CCc1ccc(OC(F)F)cc1)Nc1ccccn1. The average Bonchev–Trinajstić information content (AvgIpc) is 2.47. The Hall–Kier alpha value is -2.50. The van der Waals surface area contributed by atoms with Crippen LogP contribution in [-0.2, 0) is 11.2 Å². The zero-order chi connectivity index (χ0) is 15.1. The Kier molecular flexibility index (Phi) is 5.20. The lowest BCUT2D eigenvalue weighted by atomic mass is 10.1. The molecule has 1 aromatic carbocycles. The van der Waals surface area contributed by atoms with Crippen LogP contribution >= 0.6 is 0 Å². The molecule has 6 heteroatoms. The Bertz CT molecular complexity index is 574. The molecule has 0 unspecified atom stereocenters. The Morgan fingerprint density at radius 2 is 1.95 bits per heavy atom. The highest BCUT2D eigenvalue weighted by Crippen LogP contribution is 2.16. The number of nitrogens with zero attached hydrogens (tertiary/aromatic N) is 1. The summed E-state index contributed by atoms with van der Waals surface area (Å²) in [7, 11) is 0. The highest BCUT2D eigenvalue weighted by atomic mass is 19.3. The molecule has 4 nitrogen and oxygen atoms in total. The van der Waals surface area contributed by atoms with E-state index in [1.807, 2.05) is 0 Å². The van der Waals surface area contributed by atoms with Crippen LogP contribution in [0.1, 0.15) is 12.0 Å². The van der Waals surface area contributed by atoms with Crippen molar-refractivity contribution in [2.45, 2.75) is 19.5 Å². The number of aryl methyl sites for hydroxylation is 1. The van der Waals surface area contributed by atoms with Crippen molar-refractivity contribution in [3.63, 3.8) is 0 Å². The highest BCUT2D eigenvalue weighted by molar-refractivity contribution is 5.89. The summed E-state index contributed by atoms with van der Waals surface area (Å²) in [6, 6.07) is 11.5. The fourth-order valence-corrected chi connectivity index (χ4v) is 1.74. The first-order chi connectivity index (χ1) is 10.1. The molecule has 1 amide bonds. The molecule has 0 atom stereocenters. The van der Waals surface area contributed by atoms with Crippen LogP contribution in [0.3, 0.4) is 0 Å². The van der Waals surface area contributed by atoms with Gasteiger partial charge in [-0.1, -0.05) is 18.2 Å². The van der Waals surface area contributed by atoms with E-state index in [1.54, 1.807) is 36.5 Å². The number of anilines is 1. The number of hydrogen-bond donors (Lipinski definition) is 1. The number of aromatic nitrogens is 1. The molecule has 110 valence electrons. The summed E-state index contributed by atoms with van der Waals surface area (Å²) in [6.07, 6.45) is 2.39. The standard InChI is InChI=1S/C15H14F2N2O2/c16-15(17)21-12-7-4-11(5-8-12)6-9-14(20)19-13-3-1-2-10-18-13/h1-5,7-8,10,15H,6,9H2,(H,18,19,20). The first-order valence-corrected chi connectivity index (χ1v) is 6.38. The minimum absolute atomic E-state index is 0.103. The van der Waals surface area contributed by atoms with Crippen LogP contribution in [0, 0.1) is 0 Å². The molecule has 0 aliphatic rings. The van der Waals surface area contributed by atoms with Gasteiger partial charge in [-0.3, -0.25) is 4.79 Å². The third-order valence-corrected chi connectivity index (χ3v) is 2.72. The van der Waals surface area contributed by atoms with Crippen LogP contribution in [0.25, 0.3) is 0 Å². The van der Waals surface area contributed by atoms with Crippen molar-refractivity contribution in [1.82, 2.24) is 4.98 Å². The van der Waals surface area contributed by atoms with Crippen molar-refractivity contribution in [3.05, 3.63) is 54.2 Å². The minimum Gasteiger partial charge on any atom is -0.435 e. The summed E-state index contributed by atoms with van der Waals surface area (Å²) >= 11 is 0. The van der Waals surface area contributed by atoms with Crippen molar-refractivity contribution in [2.75, 3.05) is 5.32 Å². The lowest BCUT2D eigenvalue weighted by molar-refractivity contribution is -0.116. The smallest absolute Gasteiger partial charge is 0.387 e. The van der Waals surface area contributed by atoms with Gasteiger partial charge in [-0.05, 0) is 36.2 Å². The topological polar surface area (TPSA) is 51.2 Å². The molecule has 21 heavy (non-hydrogen) atoms. The number of nitrogens with one attached hydrogen (secondary N) is 1. The van der Waals surface area contributed by atoms with E-state index < -0.39 is 6.61 Å². The molecule has 0 saturated carbocycles. The summed E-state index contributed by atoms with van der Waals surface area (Å²) in [5, 5.41) is 2.68. The Balaban J connectivity index is 1.81. The molecule has 2 aromatic rings. The molecule has 1 heterocycles. The molecule has 1 N–H and O–H groups in total. The second-order valence-corrected chi connectivity index (χ2v) is 4.29. The number of hydrogen-bond acceptors (Lipinski definition) is 3. The zero-order valence-electron chi connectivity index (χ0n) is 11.1. The van der Waals surface area contributed by atoms with Gasteiger partial charge in [0.1, 0.15) is 11.6 Å². The van der Waals surface area contributed by atoms with E-state index in [0.717, 1.165) is 5.56 Å². The summed E-state index contributed by atoms with van der Waals surface area (Å²) < 4.78 is 28.3. The fraction of sp³-hybridized carbons (Fsp3) is 0.200. The van der Waals surface area contributed by atoms with E-state index in [2.05, 4.69) is 15.0 Å². The third kappa shape index (κ3) is 5.18. The van der Waals surface area contributed by atoms with Crippen molar-refractivity contribution >= 4 is 11.7 Å². The monoisotopic (exact) mass is 292 g/mol. The maximum atomic E-state index is 12.0. The van der Waals surface area contributed by atoms with Gasteiger partial charge in [0.05, 0.1) is 0 Å². The quantitative estimate of drug-likeness (QED) is 0.889. The van der Waals surface area contributed by atoms with Crippen LogP contribution in [0.5, 0.6) is 5.75 Å². The number of amides is 1. The average molecular weight is 292 g/mol. The van der Waals surface area contributed by atoms with E-state index in [1.165, 1.54) is 12.1 Å². The Labute approximate surface area is 120 Å². The van der Waals surface area contributed by atoms with Crippen molar-refractivity contribution in [1.29, 1.82) is 0 Å². The molecule has 2 rings (SSSR count). The van der Waals surface area contributed by atoms with Crippen LogP contribution < -0.4 is 10.1 Å². The summed E-state index contributed by atoms with van der Waals surface area (Å²) in [5.41, 5.74) is 0.868. The predicted molar refractivity (Wildman–Crippen MR) is 74.3 cm³/mol. The number of carbonyl (C=O) groups is 1. The van der Waals surface area contributed by atoms with Gasteiger partial charge in [-0.25, -0.2) is 4.98 Å². The number of ether oxygens (including phenoxy) is 1. The molecule has 1 aromatic heterocycles. The first kappa shape index (κ1) is 14.9. The van der Waals surface area contributed by atoms with E-state index in [9.17, 15) is 13.6 Å². The van der Waals surface area contributed by atoms with Crippen molar-refractivity contribution in [3.8, 4) is 5.75 Å². The number of benzene rings is 1. The number of rotatable bonds is 6. The first-order valence-electron chi connectivity index (χ1n) is 6.38. The van der Waals surface area contributed by atoms with Gasteiger partial charge in [0.2, 0.25) is 5.91 Å². The number of carbonyl (C=O) groups excluding carboxylic acids is 1. The van der Waals surface area contributed by atoms with Crippen LogP contribution in [0.2, 0.25) is 0 Å². The van der Waals surface area contributed by atoms with E-state index in [0.29, 0.717) is 12.2 Å². The highest BCUT2D eigenvalue weighted by Gasteiger charge is 2.06. The fourth-order valence-electron chi connectivity index (χ4n) is 1.74. The van der Waals surface area contributed by atoms with E-state index in [4.69, 9.17) is 0 Å². The maximum absolute atomic E-state index is 12.0. The van der Waals surface area contributed by atoms with Gasteiger partial charge in [0.25, 0.3) is 0 Å². The molecular formula is C15H14F2N2O2. The largest absolute Gasteiger partial charge is 0.435 e. The van der Waals surface area contributed by atoms with Crippen LogP contribution in [-0.4, -0.2) is 17.5 Å². The summed E-state index contributed by atoms with van der Waals surface area (Å²) in [6.45, 7) is -2.83. The predicted octanol–water partition coefficient (Wildman–Crippen LogP) is 3.25. The molecule has 0 saturated heterocycles. The van der Waals surface area contributed by atoms with Crippen LogP contribution in [0.4, 0.5) is 14.6 Å². The molecule has 0 fully saturated rings.